The highest BCUT2D eigenvalue weighted by Crippen LogP contribution is 2.30. The summed E-state index contributed by atoms with van der Waals surface area (Å²) in [4.78, 5) is 11.8. The highest BCUT2D eigenvalue weighted by Gasteiger charge is 2.38. The predicted molar refractivity (Wildman–Crippen MR) is 113 cm³/mol. The summed E-state index contributed by atoms with van der Waals surface area (Å²) >= 11 is 4.55. The Morgan fingerprint density at radius 1 is 1.18 bits per heavy atom. The summed E-state index contributed by atoms with van der Waals surface area (Å²) in [6.45, 7) is 3.60. The minimum atomic E-state index is -3.94. The summed E-state index contributed by atoms with van der Waals surface area (Å²) in [5, 5.41) is 11.0. The molecule has 1 saturated heterocycles. The van der Waals surface area contributed by atoms with Gasteiger partial charge < -0.3 is 9.50 Å². The number of carbonyl (C=O) groups is 1. The summed E-state index contributed by atoms with van der Waals surface area (Å²) in [6, 6.07) is 12.6. The van der Waals surface area contributed by atoms with E-state index in [1.54, 1.807) is 38.1 Å². The number of halogens is 1. The molecular weight excluding hydrogens is 466 g/mol. The largest absolute Gasteiger partial charge is 0.379 e. The van der Waals surface area contributed by atoms with Crippen molar-refractivity contribution in [2.24, 2.45) is 10.2 Å². The highest BCUT2D eigenvalue weighted by molar-refractivity contribution is 9.10. The molecule has 0 unspecified atom stereocenters. The fourth-order valence-electron chi connectivity index (χ4n) is 2.18. The lowest BCUT2D eigenvalue weighted by Gasteiger charge is -2.08. The zero-order valence-electron chi connectivity index (χ0n) is 14.9. The molecule has 0 aromatic heterocycles. The molecule has 1 aliphatic rings. The Labute approximate surface area is 175 Å². The fourth-order valence-corrected chi connectivity index (χ4v) is 4.22. The van der Waals surface area contributed by atoms with Gasteiger partial charge in [-0.15, -0.1) is 5.10 Å². The molecule has 1 heterocycles. The number of amidine groups is 1. The lowest BCUT2D eigenvalue weighted by atomic mass is 10.2. The van der Waals surface area contributed by atoms with E-state index in [1.165, 1.54) is 42.2 Å². The predicted octanol–water partition coefficient (Wildman–Crippen LogP) is 3.55. The number of hydrogen-bond acceptors (Lipinski definition) is 7. The number of amides is 1. The molecule has 146 valence electrons. The summed E-state index contributed by atoms with van der Waals surface area (Å²) < 4.78 is 30.1. The molecule has 7 nitrogen and oxygen atoms in total. The van der Waals surface area contributed by atoms with Gasteiger partial charge in [-0.05, 0) is 55.8 Å². The van der Waals surface area contributed by atoms with Crippen molar-refractivity contribution in [2.45, 2.75) is 23.5 Å². The maximum Gasteiger partial charge on any atom is 0.339 e. The van der Waals surface area contributed by atoms with Gasteiger partial charge in [0.2, 0.25) is 5.91 Å². The van der Waals surface area contributed by atoms with Crippen LogP contribution in [0.4, 0.5) is 0 Å². The first-order valence-corrected chi connectivity index (χ1v) is 11.1. The summed E-state index contributed by atoms with van der Waals surface area (Å²) in [5.41, 5.74) is 0.599. The molecule has 2 aromatic rings. The van der Waals surface area contributed by atoms with E-state index >= 15 is 0 Å². The zero-order valence-corrected chi connectivity index (χ0v) is 18.1. The van der Waals surface area contributed by atoms with Crippen molar-refractivity contribution in [1.29, 1.82) is 0 Å². The molecule has 1 fully saturated rings. The number of rotatable bonds is 5. The van der Waals surface area contributed by atoms with E-state index in [2.05, 4.69) is 31.4 Å². The van der Waals surface area contributed by atoms with Crippen LogP contribution in [0.25, 0.3) is 0 Å². The lowest BCUT2D eigenvalue weighted by Crippen LogP contribution is -2.30. The zero-order chi connectivity index (χ0) is 20.4. The van der Waals surface area contributed by atoms with Crippen molar-refractivity contribution in [2.75, 3.05) is 0 Å². The van der Waals surface area contributed by atoms with E-state index in [1.807, 2.05) is 0 Å². The molecule has 1 amide bonds. The maximum atomic E-state index is 12.4. The number of carbonyl (C=O) groups excluding carboxylic acids is 1. The van der Waals surface area contributed by atoms with Crippen molar-refractivity contribution < 1.29 is 17.4 Å². The molecular formula is C18H16BrN3O4S2. The average molecular weight is 482 g/mol. The molecule has 10 heteroatoms. The van der Waals surface area contributed by atoms with Crippen molar-refractivity contribution in [3.05, 3.63) is 58.6 Å². The third-order valence-electron chi connectivity index (χ3n) is 3.64. The Morgan fingerprint density at radius 3 is 2.54 bits per heavy atom. The van der Waals surface area contributed by atoms with Crippen LogP contribution in [0.5, 0.6) is 5.75 Å². The van der Waals surface area contributed by atoms with E-state index in [0.29, 0.717) is 10.7 Å². The van der Waals surface area contributed by atoms with Gasteiger partial charge in [-0.1, -0.05) is 39.8 Å². The van der Waals surface area contributed by atoms with Crippen LogP contribution >= 0.6 is 27.7 Å². The van der Waals surface area contributed by atoms with Crippen LogP contribution in [0.1, 0.15) is 19.4 Å². The van der Waals surface area contributed by atoms with Gasteiger partial charge in [-0.2, -0.15) is 13.5 Å². The Bertz CT molecular complexity index is 1060. The van der Waals surface area contributed by atoms with Gasteiger partial charge in [0.15, 0.2) is 5.17 Å². The van der Waals surface area contributed by atoms with Gasteiger partial charge >= 0.3 is 10.1 Å². The Hall–Kier alpha value is -2.17. The SMILES string of the molecule is CC1(C)S/C(=N/N=C\c2cccc(OS(=O)(=O)c3ccc(Br)cc3)c2)NC1=O. The number of hydrogen-bond donors (Lipinski definition) is 1. The van der Waals surface area contributed by atoms with Gasteiger partial charge in [0.05, 0.1) is 11.0 Å². The average Bonchev–Trinajstić information content (AvgIpc) is 2.87. The van der Waals surface area contributed by atoms with Crippen LogP contribution in [0.15, 0.2) is 68.1 Å². The minimum absolute atomic E-state index is 0.0535. The fraction of sp³-hybridized carbons (Fsp3) is 0.167. The van der Waals surface area contributed by atoms with Crippen LogP contribution < -0.4 is 9.50 Å². The standard InChI is InChI=1S/C18H16BrN3O4S2/c1-18(2)16(23)21-17(27-18)22-20-11-12-4-3-5-14(10-12)26-28(24,25)15-8-6-13(19)7-9-15/h3-11H,1-2H3,(H,21,22,23)/b20-11-. The third kappa shape index (κ3) is 5.00. The molecule has 28 heavy (non-hydrogen) atoms. The highest BCUT2D eigenvalue weighted by atomic mass is 79.9. The second kappa shape index (κ2) is 8.06. The normalized spacial score (nSPS) is 17.8. The van der Waals surface area contributed by atoms with Gasteiger partial charge in [0.1, 0.15) is 10.6 Å². The lowest BCUT2D eigenvalue weighted by molar-refractivity contribution is -0.120. The van der Waals surface area contributed by atoms with E-state index in [9.17, 15) is 13.2 Å². The Balaban J connectivity index is 1.72. The number of benzene rings is 2. The van der Waals surface area contributed by atoms with E-state index in [4.69, 9.17) is 4.18 Å². The Morgan fingerprint density at radius 2 is 1.89 bits per heavy atom. The number of nitrogens with one attached hydrogen (secondary N) is 1. The van der Waals surface area contributed by atoms with Crippen LogP contribution in [-0.2, 0) is 14.9 Å². The summed E-state index contributed by atoms with van der Waals surface area (Å²) in [6.07, 6.45) is 1.45. The van der Waals surface area contributed by atoms with E-state index < -0.39 is 14.9 Å². The molecule has 0 bridgehead atoms. The van der Waals surface area contributed by atoms with Gasteiger partial charge in [0.25, 0.3) is 0 Å². The number of thioether (sulfide) groups is 1. The molecule has 3 rings (SSSR count). The third-order valence-corrected chi connectivity index (χ3v) is 6.50. The molecule has 2 aromatic carbocycles. The second-order valence-electron chi connectivity index (χ2n) is 6.28. The van der Waals surface area contributed by atoms with Gasteiger partial charge in [-0.3, -0.25) is 4.79 Å². The molecule has 0 atom stereocenters. The topological polar surface area (TPSA) is 97.2 Å². The van der Waals surface area contributed by atoms with Crippen LogP contribution in [0.2, 0.25) is 0 Å². The molecule has 0 spiro atoms. The quantitative estimate of drug-likeness (QED) is 0.400. The van der Waals surface area contributed by atoms with Crippen LogP contribution in [0.3, 0.4) is 0 Å². The smallest absolute Gasteiger partial charge is 0.339 e. The van der Waals surface area contributed by atoms with E-state index in [-0.39, 0.29) is 16.6 Å². The number of nitrogens with zero attached hydrogens (tertiary/aromatic N) is 2. The monoisotopic (exact) mass is 481 g/mol. The van der Waals surface area contributed by atoms with Crippen molar-refractivity contribution in [1.82, 2.24) is 5.32 Å². The molecule has 0 saturated carbocycles. The van der Waals surface area contributed by atoms with Crippen molar-refractivity contribution in [3.8, 4) is 5.75 Å². The van der Waals surface area contributed by atoms with Crippen molar-refractivity contribution >= 4 is 55.1 Å². The van der Waals surface area contributed by atoms with Crippen LogP contribution in [0, 0.1) is 0 Å². The van der Waals surface area contributed by atoms with Crippen LogP contribution in [-0.4, -0.2) is 30.5 Å². The molecule has 1 aliphatic heterocycles. The van der Waals surface area contributed by atoms with Gasteiger partial charge in [0, 0.05) is 4.47 Å². The molecule has 1 N–H and O–H groups in total. The summed E-state index contributed by atoms with van der Waals surface area (Å²) in [5.74, 6) is 0.0317. The first kappa shape index (κ1) is 20.6. The molecule has 0 aliphatic carbocycles. The molecule has 0 radical (unpaired) electrons. The van der Waals surface area contributed by atoms with Gasteiger partial charge in [-0.25, -0.2) is 0 Å². The van der Waals surface area contributed by atoms with E-state index in [0.717, 1.165) is 4.47 Å². The second-order valence-corrected chi connectivity index (χ2v) is 10.4. The maximum absolute atomic E-state index is 12.4. The Kier molecular flexibility index (Phi) is 5.92. The summed E-state index contributed by atoms with van der Waals surface area (Å²) in [7, 11) is -3.94. The first-order valence-electron chi connectivity index (χ1n) is 8.07. The van der Waals surface area contributed by atoms with Crippen molar-refractivity contribution in [3.63, 3.8) is 0 Å². The minimum Gasteiger partial charge on any atom is -0.379 e. The first-order chi connectivity index (χ1) is 13.2.